The molecule has 0 aliphatic carbocycles. The Balaban J connectivity index is 1.70. The molecule has 0 atom stereocenters. The Morgan fingerprint density at radius 1 is 1.16 bits per heavy atom. The van der Waals surface area contributed by atoms with Crippen LogP contribution in [0, 0.1) is 0 Å². The normalized spacial score (nSPS) is 10.6. The molecule has 0 spiro atoms. The Morgan fingerprint density at radius 3 is 2.68 bits per heavy atom. The standard InChI is InChI=1S/C18H18N4O2S/c1-22(11-16(23)19-14-9-5-6-10-15(14)25-2)18(24)17-12-7-3-4-8-13(12)20-21-17/h3-10H,11H2,1-2H3,(H,19,23)(H,20,21). The van der Waals surface area contributed by atoms with E-state index >= 15 is 0 Å². The maximum Gasteiger partial charge on any atom is 0.275 e. The fraction of sp³-hybridized carbons (Fsp3) is 0.167. The number of fused-ring (bicyclic) bond motifs is 1. The first-order valence-corrected chi connectivity index (χ1v) is 8.94. The van der Waals surface area contributed by atoms with Crippen molar-refractivity contribution in [2.45, 2.75) is 4.90 Å². The SMILES string of the molecule is CSc1ccccc1NC(=O)CN(C)C(=O)c1n[nH]c2ccccc12. The van der Waals surface area contributed by atoms with Gasteiger partial charge in [0.25, 0.3) is 5.91 Å². The van der Waals surface area contributed by atoms with Gasteiger partial charge in [-0.2, -0.15) is 5.10 Å². The lowest BCUT2D eigenvalue weighted by atomic mass is 10.2. The van der Waals surface area contributed by atoms with Crippen molar-refractivity contribution in [2.24, 2.45) is 0 Å². The summed E-state index contributed by atoms with van der Waals surface area (Å²) in [6, 6.07) is 15.0. The van der Waals surface area contributed by atoms with Crippen LogP contribution in [0.25, 0.3) is 10.9 Å². The average Bonchev–Trinajstić information content (AvgIpc) is 3.05. The van der Waals surface area contributed by atoms with E-state index in [0.717, 1.165) is 21.5 Å². The van der Waals surface area contributed by atoms with Crippen molar-refractivity contribution in [1.29, 1.82) is 0 Å². The lowest BCUT2D eigenvalue weighted by molar-refractivity contribution is -0.116. The molecule has 0 saturated heterocycles. The number of hydrogen-bond acceptors (Lipinski definition) is 4. The van der Waals surface area contributed by atoms with E-state index in [1.807, 2.05) is 54.8 Å². The second kappa shape index (κ2) is 7.40. The van der Waals surface area contributed by atoms with Crippen LogP contribution in [0.3, 0.4) is 0 Å². The van der Waals surface area contributed by atoms with Gasteiger partial charge in [-0.25, -0.2) is 0 Å². The van der Waals surface area contributed by atoms with E-state index in [-0.39, 0.29) is 18.4 Å². The monoisotopic (exact) mass is 354 g/mol. The number of H-pyrrole nitrogens is 1. The number of anilines is 1. The highest BCUT2D eigenvalue weighted by Gasteiger charge is 2.20. The zero-order chi connectivity index (χ0) is 17.8. The number of nitrogens with zero attached hydrogens (tertiary/aromatic N) is 2. The molecule has 0 aliphatic heterocycles. The van der Waals surface area contributed by atoms with E-state index in [2.05, 4.69) is 15.5 Å². The Labute approximate surface area is 149 Å². The minimum absolute atomic E-state index is 0.0528. The summed E-state index contributed by atoms with van der Waals surface area (Å²) >= 11 is 1.55. The van der Waals surface area contributed by atoms with Gasteiger partial charge in [-0.05, 0) is 24.5 Å². The predicted octanol–water partition coefficient (Wildman–Crippen LogP) is 3.00. The summed E-state index contributed by atoms with van der Waals surface area (Å²) in [5, 5.41) is 10.5. The molecular formula is C18H18N4O2S. The Bertz CT molecular complexity index is 922. The largest absolute Gasteiger partial charge is 0.331 e. The molecule has 2 N–H and O–H groups in total. The molecule has 0 fully saturated rings. The van der Waals surface area contributed by atoms with E-state index in [4.69, 9.17) is 0 Å². The van der Waals surface area contributed by atoms with Gasteiger partial charge < -0.3 is 10.2 Å². The molecule has 7 heteroatoms. The molecule has 3 rings (SSSR count). The van der Waals surface area contributed by atoms with Gasteiger partial charge in [0.05, 0.1) is 17.7 Å². The summed E-state index contributed by atoms with van der Waals surface area (Å²) in [4.78, 5) is 27.2. The fourth-order valence-corrected chi connectivity index (χ4v) is 3.09. The summed E-state index contributed by atoms with van der Waals surface area (Å²) in [7, 11) is 1.59. The lowest BCUT2D eigenvalue weighted by Crippen LogP contribution is -2.35. The van der Waals surface area contributed by atoms with Crippen LogP contribution in [-0.2, 0) is 4.79 Å². The smallest absolute Gasteiger partial charge is 0.275 e. The summed E-state index contributed by atoms with van der Waals surface area (Å²) < 4.78 is 0. The van der Waals surface area contributed by atoms with Crippen molar-refractivity contribution in [2.75, 3.05) is 25.2 Å². The topological polar surface area (TPSA) is 78.1 Å². The van der Waals surface area contributed by atoms with Gasteiger partial charge in [0, 0.05) is 17.3 Å². The van der Waals surface area contributed by atoms with Crippen LogP contribution in [0.1, 0.15) is 10.5 Å². The number of rotatable bonds is 5. The maximum absolute atomic E-state index is 12.6. The van der Waals surface area contributed by atoms with Gasteiger partial charge in [-0.15, -0.1) is 11.8 Å². The molecule has 0 unspecified atom stereocenters. The molecule has 0 bridgehead atoms. The number of carbonyl (C=O) groups is 2. The molecule has 25 heavy (non-hydrogen) atoms. The van der Waals surface area contributed by atoms with Crippen LogP contribution >= 0.6 is 11.8 Å². The van der Waals surface area contributed by atoms with Gasteiger partial charge in [-0.3, -0.25) is 14.7 Å². The zero-order valence-corrected chi connectivity index (χ0v) is 14.8. The minimum Gasteiger partial charge on any atom is -0.331 e. The molecule has 2 amide bonds. The quantitative estimate of drug-likeness (QED) is 0.691. The molecule has 0 saturated carbocycles. The van der Waals surface area contributed by atoms with Crippen LogP contribution in [0.4, 0.5) is 5.69 Å². The van der Waals surface area contributed by atoms with Crippen LogP contribution < -0.4 is 5.32 Å². The summed E-state index contributed by atoms with van der Waals surface area (Å²) in [5.41, 5.74) is 1.85. The van der Waals surface area contributed by atoms with E-state index in [9.17, 15) is 9.59 Å². The minimum atomic E-state index is -0.300. The van der Waals surface area contributed by atoms with Gasteiger partial charge in [0.1, 0.15) is 0 Å². The summed E-state index contributed by atoms with van der Waals surface area (Å²) in [5.74, 6) is -0.553. The van der Waals surface area contributed by atoms with Crippen LogP contribution in [-0.4, -0.2) is 46.8 Å². The van der Waals surface area contributed by atoms with E-state index in [1.54, 1.807) is 18.8 Å². The first-order valence-electron chi connectivity index (χ1n) is 7.71. The Kier molecular flexibility index (Phi) is 5.04. The molecule has 128 valence electrons. The third-order valence-electron chi connectivity index (χ3n) is 3.78. The molecule has 1 heterocycles. The molecule has 0 radical (unpaired) electrons. The van der Waals surface area contributed by atoms with Crippen molar-refractivity contribution in [3.63, 3.8) is 0 Å². The van der Waals surface area contributed by atoms with Crippen molar-refractivity contribution in [1.82, 2.24) is 15.1 Å². The van der Waals surface area contributed by atoms with E-state index < -0.39 is 0 Å². The number of likely N-dealkylation sites (N-methyl/N-ethyl adjacent to an activating group) is 1. The molecule has 1 aromatic heterocycles. The van der Waals surface area contributed by atoms with Crippen molar-refractivity contribution in [3.05, 3.63) is 54.2 Å². The van der Waals surface area contributed by atoms with Crippen molar-refractivity contribution < 1.29 is 9.59 Å². The number of amides is 2. The molecule has 2 aromatic carbocycles. The van der Waals surface area contributed by atoms with Crippen LogP contribution in [0.15, 0.2) is 53.4 Å². The Hall–Kier alpha value is -2.80. The van der Waals surface area contributed by atoms with E-state index in [0.29, 0.717) is 5.69 Å². The first-order chi connectivity index (χ1) is 12.1. The van der Waals surface area contributed by atoms with Crippen LogP contribution in [0.2, 0.25) is 0 Å². The number of carbonyl (C=O) groups excluding carboxylic acids is 2. The van der Waals surface area contributed by atoms with Gasteiger partial charge in [-0.1, -0.05) is 30.3 Å². The highest BCUT2D eigenvalue weighted by molar-refractivity contribution is 7.98. The maximum atomic E-state index is 12.6. The Morgan fingerprint density at radius 2 is 1.88 bits per heavy atom. The highest BCUT2D eigenvalue weighted by Crippen LogP contribution is 2.24. The highest BCUT2D eigenvalue weighted by atomic mass is 32.2. The number of aromatic nitrogens is 2. The number of para-hydroxylation sites is 2. The second-order valence-corrected chi connectivity index (χ2v) is 6.38. The fourth-order valence-electron chi connectivity index (χ4n) is 2.53. The van der Waals surface area contributed by atoms with Crippen molar-refractivity contribution >= 4 is 40.2 Å². The zero-order valence-electron chi connectivity index (χ0n) is 13.9. The molecule has 0 aliphatic rings. The third-order valence-corrected chi connectivity index (χ3v) is 4.58. The van der Waals surface area contributed by atoms with E-state index in [1.165, 1.54) is 4.90 Å². The number of thioether (sulfide) groups is 1. The first kappa shape index (κ1) is 17.0. The molecule has 6 nitrogen and oxygen atoms in total. The number of hydrogen-bond donors (Lipinski definition) is 2. The predicted molar refractivity (Wildman–Crippen MR) is 99.9 cm³/mol. The van der Waals surface area contributed by atoms with Crippen LogP contribution in [0.5, 0.6) is 0 Å². The van der Waals surface area contributed by atoms with Gasteiger partial charge in [0.15, 0.2) is 5.69 Å². The summed E-state index contributed by atoms with van der Waals surface area (Å²) in [6.45, 7) is -0.0528. The number of aromatic amines is 1. The van der Waals surface area contributed by atoms with Gasteiger partial charge in [0.2, 0.25) is 5.91 Å². The second-order valence-electron chi connectivity index (χ2n) is 5.53. The number of nitrogens with one attached hydrogen (secondary N) is 2. The third kappa shape index (κ3) is 3.66. The van der Waals surface area contributed by atoms with Crippen molar-refractivity contribution in [3.8, 4) is 0 Å². The van der Waals surface area contributed by atoms with Gasteiger partial charge >= 0.3 is 0 Å². The lowest BCUT2D eigenvalue weighted by Gasteiger charge is -2.16. The molecule has 3 aromatic rings. The molecular weight excluding hydrogens is 336 g/mol. The summed E-state index contributed by atoms with van der Waals surface area (Å²) in [6.07, 6.45) is 1.95. The average molecular weight is 354 g/mol. The number of benzene rings is 2.